The summed E-state index contributed by atoms with van der Waals surface area (Å²) < 4.78 is 21.7. The first-order chi connectivity index (χ1) is 12.0. The number of fused-ring (bicyclic) bond motifs is 4. The lowest BCUT2D eigenvalue weighted by atomic mass is 9.77. The van der Waals surface area contributed by atoms with E-state index in [1.54, 1.807) is 24.3 Å². The number of phenolic OH excluding ortho intramolecular Hbond substituents is 1. The van der Waals surface area contributed by atoms with Crippen molar-refractivity contribution in [3.05, 3.63) is 41.5 Å². The Labute approximate surface area is 143 Å². The third-order valence-corrected chi connectivity index (χ3v) is 4.60. The van der Waals surface area contributed by atoms with Crippen molar-refractivity contribution in [3.63, 3.8) is 0 Å². The van der Waals surface area contributed by atoms with Crippen LogP contribution >= 0.6 is 0 Å². The highest BCUT2D eigenvalue weighted by Gasteiger charge is 2.56. The Balaban J connectivity index is 1.95. The van der Waals surface area contributed by atoms with Crippen LogP contribution in [0.25, 0.3) is 0 Å². The highest BCUT2D eigenvalue weighted by atomic mass is 16.6. The first-order valence-electron chi connectivity index (χ1n) is 7.66. The van der Waals surface area contributed by atoms with Crippen LogP contribution in [0.4, 0.5) is 0 Å². The summed E-state index contributed by atoms with van der Waals surface area (Å²) in [5, 5.41) is 21.8. The molecule has 2 heterocycles. The van der Waals surface area contributed by atoms with Gasteiger partial charge in [-0.05, 0) is 6.07 Å². The Hall–Kier alpha value is -2.93. The standard InChI is InChI=1S/C18H16O7/c1-22-12-7-11-14(15(19)16(12)23-2)17(20)18(21)9-5-3-4-6-10(9)24-8-13(18)25-11/h3-7,13,19,21H,8H2,1-2H3/t13-,18-/m1/s1. The number of aromatic hydroxyl groups is 1. The van der Waals surface area contributed by atoms with E-state index in [-0.39, 0.29) is 29.4 Å². The second-order valence-corrected chi connectivity index (χ2v) is 5.84. The van der Waals surface area contributed by atoms with Crippen molar-refractivity contribution in [2.24, 2.45) is 0 Å². The van der Waals surface area contributed by atoms with Crippen LogP contribution in [0.2, 0.25) is 0 Å². The molecule has 0 amide bonds. The number of ketones is 1. The highest BCUT2D eigenvalue weighted by Crippen LogP contribution is 2.52. The molecule has 4 rings (SSSR count). The summed E-state index contributed by atoms with van der Waals surface area (Å²) in [7, 11) is 2.75. The minimum Gasteiger partial charge on any atom is -0.504 e. The van der Waals surface area contributed by atoms with E-state index in [2.05, 4.69) is 0 Å². The van der Waals surface area contributed by atoms with E-state index >= 15 is 0 Å². The van der Waals surface area contributed by atoms with E-state index in [4.69, 9.17) is 18.9 Å². The van der Waals surface area contributed by atoms with Crippen LogP contribution in [0, 0.1) is 0 Å². The van der Waals surface area contributed by atoms with Gasteiger partial charge in [0.05, 0.1) is 14.2 Å². The molecule has 25 heavy (non-hydrogen) atoms. The molecule has 0 aliphatic carbocycles. The number of hydrogen-bond acceptors (Lipinski definition) is 7. The van der Waals surface area contributed by atoms with Gasteiger partial charge in [0.2, 0.25) is 11.5 Å². The maximum absolute atomic E-state index is 13.2. The number of Topliss-reactive ketones (excluding diaryl/α,β-unsaturated/α-hetero) is 1. The van der Waals surface area contributed by atoms with Crippen molar-refractivity contribution < 1.29 is 34.0 Å². The molecular formula is C18H16O7. The van der Waals surface area contributed by atoms with Crippen LogP contribution in [-0.4, -0.2) is 42.9 Å². The van der Waals surface area contributed by atoms with Gasteiger partial charge < -0.3 is 29.2 Å². The number of phenols is 1. The van der Waals surface area contributed by atoms with E-state index in [1.165, 1.54) is 20.3 Å². The third kappa shape index (κ3) is 1.93. The van der Waals surface area contributed by atoms with Gasteiger partial charge in [-0.1, -0.05) is 18.2 Å². The minimum absolute atomic E-state index is 0.000551. The molecule has 0 saturated carbocycles. The van der Waals surface area contributed by atoms with E-state index in [0.717, 1.165) is 0 Å². The zero-order valence-electron chi connectivity index (χ0n) is 13.6. The molecule has 0 radical (unpaired) electrons. The molecule has 7 nitrogen and oxygen atoms in total. The number of rotatable bonds is 2. The molecule has 0 aromatic heterocycles. The molecule has 2 atom stereocenters. The average Bonchev–Trinajstić information content (AvgIpc) is 2.62. The van der Waals surface area contributed by atoms with Crippen molar-refractivity contribution >= 4 is 5.78 Å². The molecule has 2 N–H and O–H groups in total. The van der Waals surface area contributed by atoms with E-state index in [9.17, 15) is 15.0 Å². The lowest BCUT2D eigenvalue weighted by Crippen LogP contribution is -2.57. The summed E-state index contributed by atoms with van der Waals surface area (Å²) in [5.41, 5.74) is -1.80. The number of benzene rings is 2. The number of carbonyl (C=O) groups excluding carboxylic acids is 1. The predicted octanol–water partition coefficient (Wildman–Crippen LogP) is 1.63. The number of aliphatic hydroxyl groups is 1. The first-order valence-corrected chi connectivity index (χ1v) is 7.66. The second kappa shape index (κ2) is 5.29. The SMILES string of the molecule is COc1cc2c(c(O)c1OC)C(=O)[C@@]1(O)c3ccccc3OC[C@H]1O2. The van der Waals surface area contributed by atoms with Crippen molar-refractivity contribution in [2.45, 2.75) is 11.7 Å². The van der Waals surface area contributed by atoms with Gasteiger partial charge in [-0.3, -0.25) is 4.79 Å². The Morgan fingerprint density at radius 1 is 1.20 bits per heavy atom. The summed E-state index contributed by atoms with van der Waals surface area (Å²) in [6.07, 6.45) is -0.945. The number of carbonyl (C=O) groups is 1. The molecule has 0 spiro atoms. The monoisotopic (exact) mass is 344 g/mol. The molecule has 0 bridgehead atoms. The van der Waals surface area contributed by atoms with Gasteiger partial charge >= 0.3 is 0 Å². The van der Waals surface area contributed by atoms with Crippen LogP contribution in [0.5, 0.6) is 28.7 Å². The summed E-state index contributed by atoms with van der Waals surface area (Å²) >= 11 is 0. The normalized spacial score (nSPS) is 23.5. The minimum atomic E-state index is -1.96. The van der Waals surface area contributed by atoms with Gasteiger partial charge in [0, 0.05) is 11.6 Å². The topological polar surface area (TPSA) is 94.5 Å². The van der Waals surface area contributed by atoms with Crippen molar-refractivity contribution in [1.82, 2.24) is 0 Å². The van der Waals surface area contributed by atoms with Crippen molar-refractivity contribution in [2.75, 3.05) is 20.8 Å². The molecule has 0 unspecified atom stereocenters. The molecular weight excluding hydrogens is 328 g/mol. The second-order valence-electron chi connectivity index (χ2n) is 5.84. The van der Waals surface area contributed by atoms with E-state index in [0.29, 0.717) is 11.3 Å². The van der Waals surface area contributed by atoms with E-state index in [1.807, 2.05) is 0 Å². The fourth-order valence-corrected chi connectivity index (χ4v) is 3.36. The molecule has 2 aromatic rings. The van der Waals surface area contributed by atoms with Crippen LogP contribution in [-0.2, 0) is 5.60 Å². The molecule has 130 valence electrons. The largest absolute Gasteiger partial charge is 0.504 e. The molecule has 2 aliphatic heterocycles. The highest BCUT2D eigenvalue weighted by molar-refractivity contribution is 6.09. The van der Waals surface area contributed by atoms with Crippen molar-refractivity contribution in [1.29, 1.82) is 0 Å². The van der Waals surface area contributed by atoms with Gasteiger partial charge in [0.1, 0.15) is 23.7 Å². The van der Waals surface area contributed by atoms with Crippen LogP contribution in [0.3, 0.4) is 0 Å². The number of para-hydroxylation sites is 1. The first kappa shape index (κ1) is 15.6. The predicted molar refractivity (Wildman–Crippen MR) is 85.8 cm³/mol. The number of ether oxygens (including phenoxy) is 4. The molecule has 7 heteroatoms. The summed E-state index contributed by atoms with van der Waals surface area (Å²) in [6, 6.07) is 8.16. The summed E-state index contributed by atoms with van der Waals surface area (Å²) in [6.45, 7) is -0.00615. The van der Waals surface area contributed by atoms with Gasteiger partial charge in [-0.15, -0.1) is 0 Å². The Morgan fingerprint density at radius 3 is 2.68 bits per heavy atom. The van der Waals surface area contributed by atoms with Crippen LogP contribution < -0.4 is 18.9 Å². The summed E-state index contributed by atoms with van der Waals surface area (Å²) in [4.78, 5) is 13.2. The lowest BCUT2D eigenvalue weighted by molar-refractivity contribution is -0.0801. The maximum atomic E-state index is 13.2. The molecule has 0 saturated heterocycles. The zero-order valence-corrected chi connectivity index (χ0v) is 13.6. The fraction of sp³-hybridized carbons (Fsp3) is 0.278. The number of hydrogen-bond donors (Lipinski definition) is 2. The lowest BCUT2D eigenvalue weighted by Gasteiger charge is -2.43. The van der Waals surface area contributed by atoms with Gasteiger partial charge in [-0.25, -0.2) is 0 Å². The van der Waals surface area contributed by atoms with Gasteiger partial charge in [0.15, 0.2) is 23.2 Å². The smallest absolute Gasteiger partial charge is 0.210 e. The van der Waals surface area contributed by atoms with Crippen molar-refractivity contribution in [3.8, 4) is 28.7 Å². The zero-order chi connectivity index (χ0) is 17.8. The van der Waals surface area contributed by atoms with Gasteiger partial charge in [0.25, 0.3) is 0 Å². The quantitative estimate of drug-likeness (QED) is 0.855. The molecule has 2 aliphatic rings. The molecule has 2 aromatic carbocycles. The van der Waals surface area contributed by atoms with Crippen LogP contribution in [0.1, 0.15) is 15.9 Å². The third-order valence-electron chi connectivity index (χ3n) is 4.60. The Bertz CT molecular complexity index is 876. The van der Waals surface area contributed by atoms with E-state index < -0.39 is 23.2 Å². The Morgan fingerprint density at radius 2 is 1.96 bits per heavy atom. The maximum Gasteiger partial charge on any atom is 0.210 e. The Kier molecular flexibility index (Phi) is 3.30. The van der Waals surface area contributed by atoms with Crippen LogP contribution in [0.15, 0.2) is 30.3 Å². The molecule has 0 fully saturated rings. The van der Waals surface area contributed by atoms with Gasteiger partial charge in [-0.2, -0.15) is 0 Å². The number of methoxy groups -OCH3 is 2. The average molecular weight is 344 g/mol. The summed E-state index contributed by atoms with van der Waals surface area (Å²) in [5.74, 6) is -0.375. The fourth-order valence-electron chi connectivity index (χ4n) is 3.36.